The summed E-state index contributed by atoms with van der Waals surface area (Å²) in [7, 11) is 0. The molecule has 0 fully saturated rings. The van der Waals surface area contributed by atoms with Gasteiger partial charge in [-0.15, -0.1) is 0 Å². The summed E-state index contributed by atoms with van der Waals surface area (Å²) in [6, 6.07) is 22.7. The van der Waals surface area contributed by atoms with Crippen LogP contribution in [0, 0.1) is 0 Å². The third kappa shape index (κ3) is 1.72. The van der Waals surface area contributed by atoms with Gasteiger partial charge in [0.2, 0.25) is 0 Å². The van der Waals surface area contributed by atoms with Crippen LogP contribution in [0.2, 0.25) is 0 Å². The highest BCUT2D eigenvalue weighted by Gasteiger charge is 2.35. The number of fused-ring (bicyclic) bond motifs is 3. The molecule has 1 N–H and O–H groups in total. The van der Waals surface area contributed by atoms with Gasteiger partial charge in [-0.3, -0.25) is 0 Å². The minimum absolute atomic E-state index is 0.00760. The third-order valence-electron chi connectivity index (χ3n) is 4.80. The van der Waals surface area contributed by atoms with Crippen molar-refractivity contribution in [3.8, 4) is 28.0 Å². The molecule has 108 valence electrons. The van der Waals surface area contributed by atoms with Crippen LogP contribution in [0.25, 0.3) is 22.3 Å². The van der Waals surface area contributed by atoms with E-state index >= 15 is 0 Å². The van der Waals surface area contributed by atoms with E-state index in [1.807, 2.05) is 18.2 Å². The van der Waals surface area contributed by atoms with E-state index in [4.69, 9.17) is 0 Å². The van der Waals surface area contributed by atoms with Crippen LogP contribution in [-0.4, -0.2) is 5.11 Å². The number of para-hydroxylation sites is 1. The maximum Gasteiger partial charge on any atom is 0.123 e. The normalized spacial score (nSPS) is 14.5. The molecule has 22 heavy (non-hydrogen) atoms. The molecule has 3 aromatic rings. The maximum absolute atomic E-state index is 10.1. The number of benzene rings is 3. The minimum Gasteiger partial charge on any atom is -0.507 e. The Kier molecular flexibility index (Phi) is 2.67. The van der Waals surface area contributed by atoms with E-state index in [9.17, 15) is 5.11 Å². The molecule has 0 radical (unpaired) electrons. The summed E-state index contributed by atoms with van der Waals surface area (Å²) >= 11 is 0. The first kappa shape index (κ1) is 13.1. The molecular weight excluding hydrogens is 268 g/mol. The molecule has 0 amide bonds. The molecule has 0 aromatic heterocycles. The zero-order valence-electron chi connectivity index (χ0n) is 12.8. The molecule has 1 aliphatic rings. The summed E-state index contributed by atoms with van der Waals surface area (Å²) in [6.45, 7) is 4.54. The molecule has 0 bridgehead atoms. The van der Waals surface area contributed by atoms with Gasteiger partial charge in [-0.1, -0.05) is 68.4 Å². The lowest BCUT2D eigenvalue weighted by molar-refractivity contribution is 0.477. The van der Waals surface area contributed by atoms with Crippen molar-refractivity contribution >= 4 is 0 Å². The Morgan fingerprint density at radius 1 is 0.682 bits per heavy atom. The van der Waals surface area contributed by atoms with Crippen LogP contribution in [0.15, 0.2) is 66.7 Å². The number of hydrogen-bond acceptors (Lipinski definition) is 1. The largest absolute Gasteiger partial charge is 0.507 e. The standard InChI is InChI=1S/C21H18O/c1-21(2)18-9-5-3-8-16(18)17-12-11-14(13-19(17)21)15-7-4-6-10-20(15)22/h3-13,22H,1-2H3. The summed E-state index contributed by atoms with van der Waals surface area (Å²) in [6.07, 6.45) is 0. The zero-order valence-corrected chi connectivity index (χ0v) is 12.8. The summed E-state index contributed by atoms with van der Waals surface area (Å²) in [5.41, 5.74) is 7.28. The molecule has 0 atom stereocenters. The molecule has 0 heterocycles. The van der Waals surface area contributed by atoms with Gasteiger partial charge in [0.05, 0.1) is 0 Å². The smallest absolute Gasteiger partial charge is 0.123 e. The second-order valence-corrected chi connectivity index (χ2v) is 6.45. The lowest BCUT2D eigenvalue weighted by atomic mass is 9.81. The third-order valence-corrected chi connectivity index (χ3v) is 4.80. The quantitative estimate of drug-likeness (QED) is 0.638. The molecule has 1 aliphatic carbocycles. The highest BCUT2D eigenvalue weighted by molar-refractivity contribution is 5.84. The van der Waals surface area contributed by atoms with Crippen molar-refractivity contribution in [1.82, 2.24) is 0 Å². The topological polar surface area (TPSA) is 20.2 Å². The van der Waals surface area contributed by atoms with E-state index in [2.05, 4.69) is 56.3 Å². The Labute approximate surface area is 130 Å². The van der Waals surface area contributed by atoms with Crippen LogP contribution in [-0.2, 0) is 5.41 Å². The van der Waals surface area contributed by atoms with Crippen molar-refractivity contribution in [2.24, 2.45) is 0 Å². The Balaban J connectivity index is 1.95. The molecule has 0 aliphatic heterocycles. The number of phenols is 1. The van der Waals surface area contributed by atoms with Gasteiger partial charge in [0, 0.05) is 11.0 Å². The summed E-state index contributed by atoms with van der Waals surface area (Å²) < 4.78 is 0. The molecule has 3 aromatic carbocycles. The Hall–Kier alpha value is -2.54. The first-order chi connectivity index (χ1) is 10.6. The first-order valence-corrected chi connectivity index (χ1v) is 7.62. The zero-order chi connectivity index (χ0) is 15.3. The molecule has 1 nitrogen and oxygen atoms in total. The van der Waals surface area contributed by atoms with Gasteiger partial charge >= 0.3 is 0 Å². The Morgan fingerprint density at radius 3 is 2.09 bits per heavy atom. The second kappa shape index (κ2) is 4.48. The van der Waals surface area contributed by atoms with Crippen molar-refractivity contribution in [3.05, 3.63) is 77.9 Å². The average Bonchev–Trinajstić information content (AvgIpc) is 2.76. The van der Waals surface area contributed by atoms with Crippen LogP contribution in [0.5, 0.6) is 5.75 Å². The molecule has 4 rings (SSSR count). The molecule has 0 spiro atoms. The molecule has 0 saturated carbocycles. The minimum atomic E-state index is -0.00760. The van der Waals surface area contributed by atoms with Crippen molar-refractivity contribution in [2.75, 3.05) is 0 Å². The Bertz CT molecular complexity index is 875. The average molecular weight is 286 g/mol. The van der Waals surface area contributed by atoms with Gasteiger partial charge in [-0.2, -0.15) is 0 Å². The summed E-state index contributed by atoms with van der Waals surface area (Å²) in [5, 5.41) is 10.1. The fourth-order valence-electron chi connectivity index (χ4n) is 3.59. The highest BCUT2D eigenvalue weighted by atomic mass is 16.3. The van der Waals surface area contributed by atoms with Gasteiger partial charge in [-0.25, -0.2) is 0 Å². The molecule has 0 saturated heterocycles. The van der Waals surface area contributed by atoms with E-state index in [-0.39, 0.29) is 5.41 Å². The van der Waals surface area contributed by atoms with Crippen LogP contribution in [0.1, 0.15) is 25.0 Å². The van der Waals surface area contributed by atoms with Gasteiger partial charge in [0.15, 0.2) is 0 Å². The maximum atomic E-state index is 10.1. The van der Waals surface area contributed by atoms with Gasteiger partial charge in [0.25, 0.3) is 0 Å². The van der Waals surface area contributed by atoms with Crippen molar-refractivity contribution in [1.29, 1.82) is 0 Å². The lowest BCUT2D eigenvalue weighted by Gasteiger charge is -2.22. The second-order valence-electron chi connectivity index (χ2n) is 6.45. The number of aromatic hydroxyl groups is 1. The van der Waals surface area contributed by atoms with Crippen LogP contribution >= 0.6 is 0 Å². The fourth-order valence-corrected chi connectivity index (χ4v) is 3.59. The lowest BCUT2D eigenvalue weighted by Crippen LogP contribution is -2.14. The monoisotopic (exact) mass is 286 g/mol. The molecule has 0 unspecified atom stereocenters. The Morgan fingerprint density at radius 2 is 1.32 bits per heavy atom. The van der Waals surface area contributed by atoms with E-state index in [0.717, 1.165) is 11.1 Å². The van der Waals surface area contributed by atoms with Gasteiger partial charge in [-0.05, 0) is 39.9 Å². The van der Waals surface area contributed by atoms with Crippen LogP contribution in [0.4, 0.5) is 0 Å². The predicted octanol–water partition coefficient (Wildman–Crippen LogP) is 5.37. The van der Waals surface area contributed by atoms with E-state index in [1.54, 1.807) is 6.07 Å². The van der Waals surface area contributed by atoms with Crippen molar-refractivity contribution < 1.29 is 5.11 Å². The fraction of sp³-hybridized carbons (Fsp3) is 0.143. The summed E-state index contributed by atoms with van der Waals surface area (Å²) in [4.78, 5) is 0. The molecular formula is C21H18O. The van der Waals surface area contributed by atoms with Gasteiger partial charge < -0.3 is 5.11 Å². The number of hydrogen-bond donors (Lipinski definition) is 1. The first-order valence-electron chi connectivity index (χ1n) is 7.62. The van der Waals surface area contributed by atoms with E-state index in [1.165, 1.54) is 22.3 Å². The summed E-state index contributed by atoms with van der Waals surface area (Å²) in [5.74, 6) is 0.329. The van der Waals surface area contributed by atoms with E-state index in [0.29, 0.717) is 5.75 Å². The highest BCUT2D eigenvalue weighted by Crippen LogP contribution is 2.49. The predicted molar refractivity (Wildman–Crippen MR) is 91.1 cm³/mol. The van der Waals surface area contributed by atoms with Crippen LogP contribution in [0.3, 0.4) is 0 Å². The van der Waals surface area contributed by atoms with E-state index < -0.39 is 0 Å². The van der Waals surface area contributed by atoms with Crippen molar-refractivity contribution in [2.45, 2.75) is 19.3 Å². The number of phenolic OH excluding ortho intramolecular Hbond substituents is 1. The molecule has 1 heteroatoms. The van der Waals surface area contributed by atoms with Crippen LogP contribution < -0.4 is 0 Å². The van der Waals surface area contributed by atoms with Crippen molar-refractivity contribution in [3.63, 3.8) is 0 Å². The number of rotatable bonds is 1. The SMILES string of the molecule is CC1(C)c2ccccc2-c2ccc(-c3ccccc3O)cc21. The van der Waals surface area contributed by atoms with Gasteiger partial charge in [0.1, 0.15) is 5.75 Å².